The standard InChI is InChI=1S/C25H22ClN3O2S2/c1-2-13-7-8-15-20(11-13)33-25(22(15)23(27)30)29-24(31)16-12-18(19-9-10-21(26)32-19)28-17-6-4-3-5-14(16)17/h3-6,9-10,12-13H,2,7-8,11H2,1H3,(H2,27,30)(H,29,31). The van der Waals surface area contributed by atoms with Gasteiger partial charge < -0.3 is 11.1 Å². The van der Waals surface area contributed by atoms with Gasteiger partial charge in [-0.25, -0.2) is 4.98 Å². The molecule has 4 aromatic rings. The molecule has 0 fully saturated rings. The molecule has 0 saturated heterocycles. The molecule has 5 nitrogen and oxygen atoms in total. The van der Waals surface area contributed by atoms with Crippen LogP contribution in [0.5, 0.6) is 0 Å². The van der Waals surface area contributed by atoms with Crippen LogP contribution < -0.4 is 11.1 Å². The number of fused-ring (bicyclic) bond motifs is 2. The summed E-state index contributed by atoms with van der Waals surface area (Å²) in [6, 6.07) is 13.0. The second kappa shape index (κ2) is 8.89. The topological polar surface area (TPSA) is 85.1 Å². The third-order valence-corrected chi connectivity index (χ3v) is 8.63. The van der Waals surface area contributed by atoms with Crippen LogP contribution in [-0.4, -0.2) is 16.8 Å². The molecule has 0 spiro atoms. The van der Waals surface area contributed by atoms with Crippen LogP contribution in [0.1, 0.15) is 50.9 Å². The Morgan fingerprint density at radius 1 is 1.21 bits per heavy atom. The summed E-state index contributed by atoms with van der Waals surface area (Å²) in [5, 5.41) is 4.29. The summed E-state index contributed by atoms with van der Waals surface area (Å²) < 4.78 is 0.659. The van der Waals surface area contributed by atoms with Gasteiger partial charge in [-0.2, -0.15) is 0 Å². The minimum atomic E-state index is -0.494. The number of pyridine rings is 1. The van der Waals surface area contributed by atoms with Crippen LogP contribution in [0.4, 0.5) is 5.00 Å². The zero-order chi connectivity index (χ0) is 23.1. The highest BCUT2D eigenvalue weighted by molar-refractivity contribution is 7.19. The van der Waals surface area contributed by atoms with Crippen LogP contribution >= 0.6 is 34.3 Å². The number of carbonyl (C=O) groups is 2. The Hall–Kier alpha value is -2.74. The Kier molecular flexibility index (Phi) is 5.95. The van der Waals surface area contributed by atoms with Crippen molar-refractivity contribution in [1.29, 1.82) is 0 Å². The number of nitrogens with zero attached hydrogens (tertiary/aromatic N) is 1. The molecule has 0 aliphatic heterocycles. The van der Waals surface area contributed by atoms with Crippen LogP contribution in [0.25, 0.3) is 21.5 Å². The average molecular weight is 496 g/mol. The quantitative estimate of drug-likeness (QED) is 0.329. The molecule has 0 saturated carbocycles. The van der Waals surface area contributed by atoms with Gasteiger partial charge in [0.25, 0.3) is 11.8 Å². The number of amides is 2. The van der Waals surface area contributed by atoms with Crippen LogP contribution in [-0.2, 0) is 12.8 Å². The molecule has 33 heavy (non-hydrogen) atoms. The molecule has 8 heteroatoms. The minimum absolute atomic E-state index is 0.286. The number of carbonyl (C=O) groups excluding carboxylic acids is 2. The summed E-state index contributed by atoms with van der Waals surface area (Å²) in [6.45, 7) is 2.19. The molecule has 5 rings (SSSR count). The number of hydrogen-bond acceptors (Lipinski definition) is 5. The Morgan fingerprint density at radius 2 is 2.03 bits per heavy atom. The Labute approximate surface area is 204 Å². The predicted molar refractivity (Wildman–Crippen MR) is 137 cm³/mol. The highest BCUT2D eigenvalue weighted by Crippen LogP contribution is 2.41. The summed E-state index contributed by atoms with van der Waals surface area (Å²) in [5.41, 5.74) is 9.11. The van der Waals surface area contributed by atoms with Gasteiger partial charge in [0, 0.05) is 10.3 Å². The van der Waals surface area contributed by atoms with Crippen LogP contribution in [0.2, 0.25) is 4.34 Å². The molecule has 0 radical (unpaired) electrons. The third-order valence-electron chi connectivity index (χ3n) is 6.20. The van der Waals surface area contributed by atoms with E-state index in [-0.39, 0.29) is 5.91 Å². The van der Waals surface area contributed by atoms with Crippen LogP contribution in [0.3, 0.4) is 0 Å². The molecule has 1 atom stereocenters. The lowest BCUT2D eigenvalue weighted by atomic mass is 9.85. The second-order valence-electron chi connectivity index (χ2n) is 8.22. The smallest absolute Gasteiger partial charge is 0.257 e. The summed E-state index contributed by atoms with van der Waals surface area (Å²) >= 11 is 9.02. The van der Waals surface area contributed by atoms with Gasteiger partial charge in [-0.1, -0.05) is 43.1 Å². The number of thiophene rings is 2. The summed E-state index contributed by atoms with van der Waals surface area (Å²) in [7, 11) is 0. The number of benzene rings is 1. The van der Waals surface area contributed by atoms with Crippen molar-refractivity contribution < 1.29 is 9.59 Å². The number of para-hydroxylation sites is 1. The highest BCUT2D eigenvalue weighted by Gasteiger charge is 2.28. The molecule has 1 unspecified atom stereocenters. The number of hydrogen-bond donors (Lipinski definition) is 2. The van der Waals surface area contributed by atoms with Crippen molar-refractivity contribution in [3.05, 3.63) is 68.4 Å². The zero-order valence-electron chi connectivity index (χ0n) is 18.0. The minimum Gasteiger partial charge on any atom is -0.365 e. The van der Waals surface area contributed by atoms with E-state index in [4.69, 9.17) is 22.3 Å². The largest absolute Gasteiger partial charge is 0.365 e. The Morgan fingerprint density at radius 3 is 2.76 bits per heavy atom. The van der Waals surface area contributed by atoms with E-state index in [1.165, 1.54) is 22.7 Å². The SMILES string of the molecule is CCC1CCc2c(sc(NC(=O)c3cc(-c4ccc(Cl)s4)nc4ccccc34)c2C(N)=O)C1. The Balaban J connectivity index is 1.56. The first-order valence-corrected chi connectivity index (χ1v) is 12.9. The average Bonchev–Trinajstić information content (AvgIpc) is 3.40. The van der Waals surface area contributed by atoms with Crippen LogP contribution in [0.15, 0.2) is 42.5 Å². The summed E-state index contributed by atoms with van der Waals surface area (Å²) in [5.74, 6) is -0.179. The predicted octanol–water partition coefficient (Wildman–Crippen LogP) is 6.54. The molecular formula is C25H22ClN3O2S2. The number of aromatic nitrogens is 1. The lowest BCUT2D eigenvalue weighted by Crippen LogP contribution is -2.20. The zero-order valence-corrected chi connectivity index (χ0v) is 20.4. The first-order chi connectivity index (χ1) is 15.9. The van der Waals surface area contributed by atoms with Crippen molar-refractivity contribution in [2.24, 2.45) is 11.7 Å². The van der Waals surface area contributed by atoms with E-state index in [0.717, 1.165) is 51.9 Å². The molecule has 0 bridgehead atoms. The maximum Gasteiger partial charge on any atom is 0.257 e. The number of halogens is 1. The van der Waals surface area contributed by atoms with Gasteiger partial charge in [-0.15, -0.1) is 22.7 Å². The van der Waals surface area contributed by atoms with E-state index in [2.05, 4.69) is 12.2 Å². The maximum absolute atomic E-state index is 13.5. The van der Waals surface area contributed by atoms with Gasteiger partial charge in [-0.3, -0.25) is 9.59 Å². The summed E-state index contributed by atoms with van der Waals surface area (Å²) in [4.78, 5) is 32.6. The van der Waals surface area contributed by atoms with Crippen LogP contribution in [0, 0.1) is 5.92 Å². The van der Waals surface area contributed by atoms with Crippen molar-refractivity contribution in [1.82, 2.24) is 4.98 Å². The second-order valence-corrected chi connectivity index (χ2v) is 11.0. The first kappa shape index (κ1) is 22.1. The Bertz CT molecular complexity index is 1390. The number of anilines is 1. The third kappa shape index (κ3) is 4.16. The first-order valence-electron chi connectivity index (χ1n) is 10.9. The lowest BCUT2D eigenvalue weighted by molar-refractivity contribution is 0.1000. The number of nitrogens with two attached hydrogens (primary N) is 1. The normalized spacial score (nSPS) is 15.4. The van der Waals surface area contributed by atoms with Gasteiger partial charge in [0.1, 0.15) is 5.00 Å². The summed E-state index contributed by atoms with van der Waals surface area (Å²) in [6.07, 6.45) is 3.88. The molecule has 3 N–H and O–H groups in total. The van der Waals surface area contributed by atoms with E-state index in [1.807, 2.05) is 36.4 Å². The fourth-order valence-corrected chi connectivity index (χ4v) is 6.83. The molecule has 168 valence electrons. The van der Waals surface area contributed by atoms with Gasteiger partial charge in [0.05, 0.1) is 31.6 Å². The van der Waals surface area contributed by atoms with Gasteiger partial charge in [0.2, 0.25) is 0 Å². The van der Waals surface area contributed by atoms with E-state index in [1.54, 1.807) is 6.07 Å². The lowest BCUT2D eigenvalue weighted by Gasteiger charge is -2.20. The highest BCUT2D eigenvalue weighted by atomic mass is 35.5. The fourth-order valence-electron chi connectivity index (χ4n) is 4.46. The molecule has 1 aromatic carbocycles. The molecular weight excluding hydrogens is 474 g/mol. The molecule has 3 heterocycles. The van der Waals surface area contributed by atoms with E-state index >= 15 is 0 Å². The number of rotatable bonds is 5. The fraction of sp³-hybridized carbons (Fsp3) is 0.240. The monoisotopic (exact) mass is 495 g/mol. The maximum atomic E-state index is 13.5. The van der Waals surface area contributed by atoms with Gasteiger partial charge >= 0.3 is 0 Å². The van der Waals surface area contributed by atoms with E-state index in [0.29, 0.717) is 32.1 Å². The molecule has 3 aromatic heterocycles. The van der Waals surface area contributed by atoms with Crippen molar-refractivity contribution in [3.63, 3.8) is 0 Å². The molecule has 1 aliphatic rings. The number of primary amides is 1. The van der Waals surface area contributed by atoms with E-state index in [9.17, 15) is 9.59 Å². The van der Waals surface area contributed by atoms with Crippen molar-refractivity contribution >= 4 is 62.0 Å². The molecule has 1 aliphatic carbocycles. The van der Waals surface area contributed by atoms with Gasteiger partial charge in [-0.05, 0) is 55.0 Å². The van der Waals surface area contributed by atoms with Crippen molar-refractivity contribution in [2.45, 2.75) is 32.6 Å². The number of nitrogens with one attached hydrogen (secondary N) is 1. The van der Waals surface area contributed by atoms with Crippen molar-refractivity contribution in [3.8, 4) is 10.6 Å². The van der Waals surface area contributed by atoms with E-state index < -0.39 is 5.91 Å². The molecule has 2 amide bonds. The van der Waals surface area contributed by atoms with Crippen molar-refractivity contribution in [2.75, 3.05) is 5.32 Å². The van der Waals surface area contributed by atoms with Gasteiger partial charge in [0.15, 0.2) is 0 Å².